The van der Waals surface area contributed by atoms with Crippen molar-refractivity contribution >= 4 is 44.5 Å². The van der Waals surface area contributed by atoms with Crippen molar-refractivity contribution in [2.24, 2.45) is 14.9 Å². The van der Waals surface area contributed by atoms with Gasteiger partial charge in [-0.3, -0.25) is 14.6 Å². The van der Waals surface area contributed by atoms with Crippen molar-refractivity contribution in [2.75, 3.05) is 45.8 Å². The van der Waals surface area contributed by atoms with Gasteiger partial charge >= 0.3 is 0 Å². The summed E-state index contributed by atoms with van der Waals surface area (Å²) < 4.78 is 46.2. The van der Waals surface area contributed by atoms with E-state index in [1.165, 1.54) is 6.07 Å². The number of piperidine rings is 2. The van der Waals surface area contributed by atoms with Gasteiger partial charge in [0.05, 0.1) is 39.4 Å². The molecule has 3 aliphatic heterocycles. The van der Waals surface area contributed by atoms with Crippen molar-refractivity contribution in [3.05, 3.63) is 46.9 Å². The van der Waals surface area contributed by atoms with Crippen LogP contribution in [0.5, 0.6) is 0 Å². The predicted molar refractivity (Wildman–Crippen MR) is 181 cm³/mol. The van der Waals surface area contributed by atoms with Crippen LogP contribution < -0.4 is 5.73 Å². The first-order chi connectivity index (χ1) is 20.9. The minimum Gasteiger partial charge on any atom is -0.402 e. The molecule has 1 saturated carbocycles. The number of sulfonamides is 1. The SMILES string of the molecule is CC(=NI)C(C(=O)N1CCC(C)(N2CCN(C(c3cccc(F)c3)C3CCN(S(=O)(=O)C4CC4)CC3)C(C)C2)CC1)=C(C)N. The molecule has 1 aliphatic carbocycles. The monoisotopic (exact) mass is 742 g/mol. The molecule has 4 fully saturated rings. The van der Waals surface area contributed by atoms with Gasteiger partial charge in [-0.05, 0) is 89.8 Å². The maximum Gasteiger partial charge on any atom is 0.257 e. The Balaban J connectivity index is 1.26. The summed E-state index contributed by atoms with van der Waals surface area (Å²) in [5.74, 6) is -0.0229. The lowest BCUT2D eigenvalue weighted by molar-refractivity contribution is -0.130. The molecule has 2 unspecified atom stereocenters. The van der Waals surface area contributed by atoms with E-state index in [1.54, 1.807) is 23.4 Å². The smallest absolute Gasteiger partial charge is 0.257 e. The van der Waals surface area contributed by atoms with Crippen LogP contribution in [0.2, 0.25) is 0 Å². The first-order valence-electron chi connectivity index (χ1n) is 16.0. The highest BCUT2D eigenvalue weighted by molar-refractivity contribution is 14.1. The molecule has 244 valence electrons. The summed E-state index contributed by atoms with van der Waals surface area (Å²) >= 11 is 1.91. The average Bonchev–Trinajstić information content (AvgIpc) is 3.85. The van der Waals surface area contributed by atoms with Crippen LogP contribution in [-0.4, -0.2) is 102 Å². The van der Waals surface area contributed by atoms with Crippen LogP contribution in [0.3, 0.4) is 0 Å². The average molecular weight is 743 g/mol. The van der Waals surface area contributed by atoms with Gasteiger partial charge in [0.1, 0.15) is 5.82 Å². The minimum atomic E-state index is -3.18. The lowest BCUT2D eigenvalue weighted by Crippen LogP contribution is -2.63. The van der Waals surface area contributed by atoms with E-state index >= 15 is 0 Å². The van der Waals surface area contributed by atoms with Gasteiger partial charge < -0.3 is 10.6 Å². The molecule has 12 heteroatoms. The van der Waals surface area contributed by atoms with E-state index < -0.39 is 10.0 Å². The molecular formula is C32H48FIN6O3S. The number of nitrogens with two attached hydrogens (primary N) is 1. The lowest BCUT2D eigenvalue weighted by atomic mass is 9.82. The molecule has 3 saturated heterocycles. The molecule has 0 bridgehead atoms. The number of piperazine rings is 1. The van der Waals surface area contributed by atoms with Gasteiger partial charge in [0, 0.05) is 69.1 Å². The van der Waals surface area contributed by atoms with Gasteiger partial charge in [-0.15, -0.1) is 0 Å². The van der Waals surface area contributed by atoms with E-state index in [1.807, 2.05) is 40.8 Å². The van der Waals surface area contributed by atoms with Crippen molar-refractivity contribution < 1.29 is 17.6 Å². The van der Waals surface area contributed by atoms with Crippen molar-refractivity contribution in [3.8, 4) is 0 Å². The van der Waals surface area contributed by atoms with Crippen LogP contribution in [0.4, 0.5) is 4.39 Å². The number of likely N-dealkylation sites (tertiary alicyclic amines) is 1. The third-order valence-corrected chi connectivity index (χ3v) is 13.6. The van der Waals surface area contributed by atoms with E-state index in [-0.39, 0.29) is 40.5 Å². The lowest BCUT2D eigenvalue weighted by Gasteiger charge is -2.54. The molecule has 0 spiro atoms. The number of carbonyl (C=O) groups is 1. The van der Waals surface area contributed by atoms with Crippen LogP contribution >= 0.6 is 22.9 Å². The maximum atomic E-state index is 14.5. The Hall–Kier alpha value is -1.61. The van der Waals surface area contributed by atoms with Crippen molar-refractivity contribution in [2.45, 2.75) is 89.1 Å². The van der Waals surface area contributed by atoms with Crippen molar-refractivity contribution in [1.82, 2.24) is 19.0 Å². The summed E-state index contributed by atoms with van der Waals surface area (Å²) in [4.78, 5) is 20.4. The molecule has 5 rings (SSSR count). The van der Waals surface area contributed by atoms with E-state index in [0.717, 1.165) is 63.7 Å². The molecule has 44 heavy (non-hydrogen) atoms. The molecule has 1 aromatic rings. The Morgan fingerprint density at radius 2 is 1.73 bits per heavy atom. The van der Waals surface area contributed by atoms with Crippen LogP contribution in [0.15, 0.2) is 38.7 Å². The number of allylic oxidation sites excluding steroid dienone is 1. The molecule has 3 heterocycles. The Morgan fingerprint density at radius 1 is 1.07 bits per heavy atom. The number of halogens is 2. The summed E-state index contributed by atoms with van der Waals surface area (Å²) in [5, 5.41) is -0.185. The minimum absolute atomic E-state index is 0.0258. The van der Waals surface area contributed by atoms with Crippen LogP contribution in [0.1, 0.15) is 77.8 Å². The fourth-order valence-electron chi connectivity index (χ4n) is 7.64. The number of hydrogen-bond acceptors (Lipinski definition) is 7. The Morgan fingerprint density at radius 3 is 2.27 bits per heavy atom. The summed E-state index contributed by atoms with van der Waals surface area (Å²) in [5.41, 5.74) is 8.68. The van der Waals surface area contributed by atoms with Gasteiger partial charge in [-0.1, -0.05) is 12.1 Å². The molecule has 2 atom stereocenters. The number of hydrogen-bond donors (Lipinski definition) is 1. The fourth-order valence-corrected chi connectivity index (χ4v) is 9.75. The largest absolute Gasteiger partial charge is 0.402 e. The first-order valence-corrected chi connectivity index (χ1v) is 18.5. The number of benzene rings is 1. The maximum absolute atomic E-state index is 14.5. The zero-order chi connectivity index (χ0) is 31.8. The zero-order valence-electron chi connectivity index (χ0n) is 26.5. The molecule has 0 aromatic heterocycles. The van der Waals surface area contributed by atoms with E-state index in [0.29, 0.717) is 43.2 Å². The highest BCUT2D eigenvalue weighted by Gasteiger charge is 2.45. The topological polar surface area (TPSA) is 103 Å². The second kappa shape index (κ2) is 13.6. The fraction of sp³-hybridized carbons (Fsp3) is 0.688. The van der Waals surface area contributed by atoms with Gasteiger partial charge in [0.25, 0.3) is 5.91 Å². The highest BCUT2D eigenvalue weighted by atomic mass is 127. The predicted octanol–water partition coefficient (Wildman–Crippen LogP) is 4.50. The number of rotatable bonds is 8. The summed E-state index contributed by atoms with van der Waals surface area (Å²) in [6, 6.07) is 7.26. The molecule has 9 nitrogen and oxygen atoms in total. The van der Waals surface area contributed by atoms with Gasteiger partial charge in [-0.2, -0.15) is 0 Å². The summed E-state index contributed by atoms with van der Waals surface area (Å²) in [6.45, 7) is 13.2. The molecule has 4 aliphatic rings. The van der Waals surface area contributed by atoms with Crippen molar-refractivity contribution in [3.63, 3.8) is 0 Å². The second-order valence-electron chi connectivity index (χ2n) is 13.5. The van der Waals surface area contributed by atoms with Gasteiger partial charge in [0.2, 0.25) is 10.0 Å². The third-order valence-electron chi connectivity index (χ3n) is 10.5. The normalized spacial score (nSPS) is 26.4. The molecular weight excluding hydrogens is 694 g/mol. The quantitative estimate of drug-likeness (QED) is 0.239. The number of amides is 1. The molecule has 2 N–H and O–H groups in total. The summed E-state index contributed by atoms with van der Waals surface area (Å²) in [6.07, 6.45) is 4.88. The van der Waals surface area contributed by atoms with E-state index in [9.17, 15) is 17.6 Å². The molecule has 0 radical (unpaired) electrons. The number of carbonyl (C=O) groups excluding carboxylic acids is 1. The van der Waals surface area contributed by atoms with Crippen LogP contribution in [-0.2, 0) is 14.8 Å². The first kappa shape index (κ1) is 33.7. The Labute approximate surface area is 276 Å². The highest BCUT2D eigenvalue weighted by Crippen LogP contribution is 2.41. The van der Waals surface area contributed by atoms with Gasteiger partial charge in [0.15, 0.2) is 0 Å². The third kappa shape index (κ3) is 7.03. The Kier molecular flexibility index (Phi) is 10.5. The molecule has 1 amide bonds. The second-order valence-corrected chi connectivity index (χ2v) is 16.2. The molecule has 1 aromatic carbocycles. The van der Waals surface area contributed by atoms with E-state index in [4.69, 9.17) is 5.73 Å². The number of nitrogens with zero attached hydrogens (tertiary/aromatic N) is 5. The van der Waals surface area contributed by atoms with Gasteiger partial charge in [-0.25, -0.2) is 20.3 Å². The van der Waals surface area contributed by atoms with Crippen LogP contribution in [0.25, 0.3) is 0 Å². The Bertz CT molecular complexity index is 1380. The summed E-state index contributed by atoms with van der Waals surface area (Å²) in [7, 11) is -3.18. The van der Waals surface area contributed by atoms with Crippen LogP contribution in [0, 0.1) is 11.7 Å². The standard InChI is InChI=1S/C32H48FIN6O3S/c1-22-21-38(32(4)12-16-37(17-13-32)31(41)29(23(2)35)24(3)36-34)18-19-40(22)30(26-6-5-7-27(33)20-26)25-10-14-39(15-11-25)44(42,43)28-8-9-28/h5-7,20,22,25,28,30H,8-19,21,35H2,1-4H3. The zero-order valence-corrected chi connectivity index (χ0v) is 29.5. The van der Waals surface area contributed by atoms with Crippen molar-refractivity contribution in [1.29, 1.82) is 0 Å². The van der Waals surface area contributed by atoms with E-state index in [2.05, 4.69) is 26.9 Å².